The maximum Gasteiger partial charge on any atom is 0.0764 e. The van der Waals surface area contributed by atoms with E-state index in [-0.39, 0.29) is 0 Å². The zero-order valence-corrected chi connectivity index (χ0v) is 10.5. The topological polar surface area (TPSA) is 33.1 Å². The molecule has 1 N–H and O–H groups in total. The molecular formula is C12H22N4. The molecule has 0 saturated carbocycles. The summed E-state index contributed by atoms with van der Waals surface area (Å²) < 4.78 is 2.07. The molecule has 1 atom stereocenters. The van der Waals surface area contributed by atoms with Crippen LogP contribution >= 0.6 is 0 Å². The summed E-state index contributed by atoms with van der Waals surface area (Å²) in [4.78, 5) is 2.37. The van der Waals surface area contributed by atoms with Crippen molar-refractivity contribution < 1.29 is 0 Å². The van der Waals surface area contributed by atoms with Crippen LogP contribution in [0.2, 0.25) is 0 Å². The second-order valence-corrected chi connectivity index (χ2v) is 4.77. The molecule has 0 amide bonds. The molecule has 1 saturated heterocycles. The Balaban J connectivity index is 1.91. The molecule has 0 aliphatic carbocycles. The van der Waals surface area contributed by atoms with Crippen LogP contribution in [-0.2, 0) is 6.54 Å². The molecule has 4 heteroatoms. The van der Waals surface area contributed by atoms with Gasteiger partial charge in [0, 0.05) is 37.9 Å². The highest BCUT2D eigenvalue weighted by molar-refractivity contribution is 5.00. The molecule has 0 spiro atoms. The summed E-state index contributed by atoms with van der Waals surface area (Å²) in [7, 11) is 2.17. The van der Waals surface area contributed by atoms with Crippen molar-refractivity contribution in [3.05, 3.63) is 18.0 Å². The summed E-state index contributed by atoms with van der Waals surface area (Å²) in [6.07, 6.45) is 3.22. The molecule has 1 aliphatic heterocycles. The van der Waals surface area contributed by atoms with Crippen molar-refractivity contribution in [2.24, 2.45) is 0 Å². The smallest absolute Gasteiger partial charge is 0.0764 e. The first-order valence-electron chi connectivity index (χ1n) is 6.15. The minimum atomic E-state index is 0.504. The van der Waals surface area contributed by atoms with Crippen LogP contribution in [-0.4, -0.2) is 40.9 Å². The molecule has 1 aliphatic rings. The van der Waals surface area contributed by atoms with Gasteiger partial charge in [0.1, 0.15) is 0 Å². The monoisotopic (exact) mass is 222 g/mol. The maximum absolute atomic E-state index is 4.62. The lowest BCUT2D eigenvalue weighted by atomic mass is 10.1. The summed E-state index contributed by atoms with van der Waals surface area (Å²) in [5.74, 6) is 0. The molecule has 0 bridgehead atoms. The molecule has 2 rings (SSSR count). The lowest BCUT2D eigenvalue weighted by Crippen LogP contribution is -2.55. The SMILES string of the molecule is CCC(C)n1ccc(CN(C)C2CNC2)n1. The van der Waals surface area contributed by atoms with E-state index in [1.807, 2.05) is 0 Å². The Hall–Kier alpha value is -0.870. The first kappa shape index (κ1) is 11.6. The average molecular weight is 222 g/mol. The van der Waals surface area contributed by atoms with Crippen LogP contribution in [0.25, 0.3) is 0 Å². The molecule has 1 aromatic rings. The maximum atomic E-state index is 4.62. The summed E-state index contributed by atoms with van der Waals surface area (Å²) in [5, 5.41) is 7.91. The molecule has 1 fully saturated rings. The summed E-state index contributed by atoms with van der Waals surface area (Å²) in [6.45, 7) is 7.58. The Morgan fingerprint density at radius 3 is 2.94 bits per heavy atom. The van der Waals surface area contributed by atoms with E-state index in [1.54, 1.807) is 0 Å². The van der Waals surface area contributed by atoms with Crippen molar-refractivity contribution in [1.29, 1.82) is 0 Å². The number of nitrogens with zero attached hydrogens (tertiary/aromatic N) is 3. The number of hydrogen-bond donors (Lipinski definition) is 1. The van der Waals surface area contributed by atoms with E-state index in [1.165, 1.54) is 5.69 Å². The van der Waals surface area contributed by atoms with Crippen LogP contribution in [0, 0.1) is 0 Å². The van der Waals surface area contributed by atoms with Crippen molar-refractivity contribution >= 4 is 0 Å². The van der Waals surface area contributed by atoms with Crippen molar-refractivity contribution in [2.45, 2.75) is 38.9 Å². The standard InChI is InChI=1S/C12H22N4/c1-4-10(2)16-6-5-11(14-16)9-15(3)12-7-13-8-12/h5-6,10,12-13H,4,7-9H2,1-3H3. The molecule has 0 aromatic carbocycles. The minimum Gasteiger partial charge on any atom is -0.314 e. The number of nitrogens with one attached hydrogen (secondary N) is 1. The van der Waals surface area contributed by atoms with Gasteiger partial charge in [-0.25, -0.2) is 0 Å². The summed E-state index contributed by atoms with van der Waals surface area (Å²) >= 11 is 0. The minimum absolute atomic E-state index is 0.504. The Bertz CT molecular complexity index is 330. The first-order valence-corrected chi connectivity index (χ1v) is 6.15. The van der Waals surface area contributed by atoms with Gasteiger partial charge in [0.25, 0.3) is 0 Å². The first-order chi connectivity index (χ1) is 7.70. The molecule has 90 valence electrons. The van der Waals surface area contributed by atoms with Crippen molar-refractivity contribution in [3.63, 3.8) is 0 Å². The van der Waals surface area contributed by atoms with E-state index < -0.39 is 0 Å². The number of likely N-dealkylation sites (N-methyl/N-ethyl adjacent to an activating group) is 1. The van der Waals surface area contributed by atoms with Crippen molar-refractivity contribution in [3.8, 4) is 0 Å². The van der Waals surface area contributed by atoms with Crippen LogP contribution in [0.15, 0.2) is 12.3 Å². The van der Waals surface area contributed by atoms with Crippen molar-refractivity contribution in [1.82, 2.24) is 20.0 Å². The Morgan fingerprint density at radius 2 is 2.38 bits per heavy atom. The third-order valence-corrected chi connectivity index (χ3v) is 3.50. The zero-order chi connectivity index (χ0) is 11.5. The Kier molecular flexibility index (Phi) is 3.61. The molecule has 1 unspecified atom stereocenters. The predicted octanol–water partition coefficient (Wildman–Crippen LogP) is 1.26. The summed E-state index contributed by atoms with van der Waals surface area (Å²) in [6, 6.07) is 3.33. The van der Waals surface area contributed by atoms with E-state index in [4.69, 9.17) is 0 Å². The third-order valence-electron chi connectivity index (χ3n) is 3.50. The normalized spacial score (nSPS) is 18.8. The van der Waals surface area contributed by atoms with E-state index >= 15 is 0 Å². The van der Waals surface area contributed by atoms with Crippen molar-refractivity contribution in [2.75, 3.05) is 20.1 Å². The van der Waals surface area contributed by atoms with E-state index in [9.17, 15) is 0 Å². The zero-order valence-electron chi connectivity index (χ0n) is 10.5. The van der Waals surface area contributed by atoms with Gasteiger partial charge >= 0.3 is 0 Å². The Morgan fingerprint density at radius 1 is 1.62 bits per heavy atom. The van der Waals surface area contributed by atoms with E-state index in [0.29, 0.717) is 12.1 Å². The van der Waals surface area contributed by atoms with Gasteiger partial charge in [-0.3, -0.25) is 9.58 Å². The fourth-order valence-electron chi connectivity index (χ4n) is 1.86. The number of aromatic nitrogens is 2. The van der Waals surface area contributed by atoms with Gasteiger partial charge in [-0.1, -0.05) is 6.92 Å². The van der Waals surface area contributed by atoms with Crippen LogP contribution in [0.4, 0.5) is 0 Å². The third kappa shape index (κ3) is 2.44. The van der Waals surface area contributed by atoms with Crippen LogP contribution in [0.3, 0.4) is 0 Å². The van der Waals surface area contributed by atoms with Gasteiger partial charge in [0.2, 0.25) is 0 Å². The largest absolute Gasteiger partial charge is 0.314 e. The quantitative estimate of drug-likeness (QED) is 0.814. The van der Waals surface area contributed by atoms with Crippen LogP contribution in [0.1, 0.15) is 32.0 Å². The van der Waals surface area contributed by atoms with Gasteiger partial charge in [-0.05, 0) is 26.5 Å². The highest BCUT2D eigenvalue weighted by Gasteiger charge is 2.21. The van der Waals surface area contributed by atoms with Crippen LogP contribution in [0.5, 0.6) is 0 Å². The molecule has 0 radical (unpaired) electrons. The second kappa shape index (κ2) is 4.97. The lowest BCUT2D eigenvalue weighted by molar-refractivity contribution is 0.171. The van der Waals surface area contributed by atoms with Gasteiger partial charge in [0.05, 0.1) is 5.69 Å². The van der Waals surface area contributed by atoms with Gasteiger partial charge in [-0.2, -0.15) is 5.10 Å². The molecule has 2 heterocycles. The van der Waals surface area contributed by atoms with Gasteiger partial charge in [0.15, 0.2) is 0 Å². The fourth-order valence-corrected chi connectivity index (χ4v) is 1.86. The Labute approximate surface area is 97.6 Å². The van der Waals surface area contributed by atoms with E-state index in [2.05, 4.69) is 53.2 Å². The van der Waals surface area contributed by atoms with Gasteiger partial charge in [-0.15, -0.1) is 0 Å². The lowest BCUT2D eigenvalue weighted by Gasteiger charge is -2.35. The molecule has 1 aromatic heterocycles. The fraction of sp³-hybridized carbons (Fsp3) is 0.750. The highest BCUT2D eigenvalue weighted by atomic mass is 15.3. The summed E-state index contributed by atoms with van der Waals surface area (Å²) in [5.41, 5.74) is 1.18. The molecule has 4 nitrogen and oxygen atoms in total. The predicted molar refractivity (Wildman–Crippen MR) is 65.4 cm³/mol. The number of rotatable bonds is 5. The van der Waals surface area contributed by atoms with Gasteiger partial charge < -0.3 is 5.32 Å². The molecular weight excluding hydrogens is 200 g/mol. The molecule has 16 heavy (non-hydrogen) atoms. The van der Waals surface area contributed by atoms with Crippen LogP contribution < -0.4 is 5.32 Å². The average Bonchev–Trinajstić information content (AvgIpc) is 2.62. The van der Waals surface area contributed by atoms with E-state index in [0.717, 1.165) is 26.1 Å². The highest BCUT2D eigenvalue weighted by Crippen LogP contribution is 2.11. The number of hydrogen-bond acceptors (Lipinski definition) is 3. The second-order valence-electron chi connectivity index (χ2n) is 4.77.